The molecular formula is C26H28N2O3. The van der Waals surface area contributed by atoms with Crippen molar-refractivity contribution in [3.05, 3.63) is 113 Å². The number of pyridine rings is 1. The molecule has 0 aliphatic carbocycles. The number of amides is 1. The molecule has 0 aliphatic rings. The predicted octanol–water partition coefficient (Wildman–Crippen LogP) is 5.21. The number of allylic oxidation sites excluding steroid dienone is 1. The zero-order chi connectivity index (χ0) is 22.4. The summed E-state index contributed by atoms with van der Waals surface area (Å²) >= 11 is 0. The molecule has 2 aromatic carbocycles. The Hall–Kier alpha value is -3.60. The normalized spacial score (nSPS) is 12.1. The minimum absolute atomic E-state index is 0.206. The van der Waals surface area contributed by atoms with Gasteiger partial charge < -0.3 is 14.6 Å². The van der Waals surface area contributed by atoms with E-state index in [1.165, 1.54) is 0 Å². The smallest absolute Gasteiger partial charge is 0.275 e. The fourth-order valence-corrected chi connectivity index (χ4v) is 3.30. The van der Waals surface area contributed by atoms with Crippen molar-refractivity contribution in [3.63, 3.8) is 0 Å². The molecule has 0 aliphatic heterocycles. The summed E-state index contributed by atoms with van der Waals surface area (Å²) in [5.74, 6) is 0.157. The standard InChI is InChI=1S/C26H28N2O3/c1-19(31-26(2,3)4)23(18-20-12-7-5-8-13-20)28-17-11-16-22(25(28)30)27-24(29)21-14-9-6-10-15-21/h5-17,23H,1,18H2,2-4H3,(H,27,29)/t23-/m0/s1. The molecule has 31 heavy (non-hydrogen) atoms. The van der Waals surface area contributed by atoms with Crippen molar-refractivity contribution >= 4 is 11.6 Å². The van der Waals surface area contributed by atoms with Gasteiger partial charge in [0.15, 0.2) is 0 Å². The minimum atomic E-state index is -0.450. The monoisotopic (exact) mass is 416 g/mol. The van der Waals surface area contributed by atoms with Gasteiger partial charge in [0, 0.05) is 18.2 Å². The van der Waals surface area contributed by atoms with E-state index in [1.807, 2.05) is 57.2 Å². The van der Waals surface area contributed by atoms with E-state index in [9.17, 15) is 9.59 Å². The molecule has 1 N–H and O–H groups in total. The average molecular weight is 417 g/mol. The van der Waals surface area contributed by atoms with E-state index >= 15 is 0 Å². The van der Waals surface area contributed by atoms with Gasteiger partial charge >= 0.3 is 0 Å². The highest BCUT2D eigenvalue weighted by Gasteiger charge is 2.24. The molecule has 5 nitrogen and oxygen atoms in total. The van der Waals surface area contributed by atoms with Crippen LogP contribution in [0.4, 0.5) is 5.69 Å². The maximum Gasteiger partial charge on any atom is 0.275 e. The number of aromatic nitrogens is 1. The van der Waals surface area contributed by atoms with Gasteiger partial charge in [0.2, 0.25) is 0 Å². The Morgan fingerprint density at radius 1 is 1.00 bits per heavy atom. The molecule has 0 bridgehead atoms. The van der Waals surface area contributed by atoms with Gasteiger partial charge in [-0.15, -0.1) is 0 Å². The molecule has 1 atom stereocenters. The fraction of sp³-hybridized carbons (Fsp3) is 0.231. The number of anilines is 1. The molecule has 3 aromatic rings. The third-order valence-corrected chi connectivity index (χ3v) is 4.68. The summed E-state index contributed by atoms with van der Waals surface area (Å²) in [6, 6.07) is 21.6. The van der Waals surface area contributed by atoms with Crippen LogP contribution in [0, 0.1) is 0 Å². The van der Waals surface area contributed by atoms with E-state index in [1.54, 1.807) is 47.2 Å². The molecule has 0 saturated carbocycles. The number of nitrogens with one attached hydrogen (secondary N) is 1. The van der Waals surface area contributed by atoms with Crippen molar-refractivity contribution in [1.29, 1.82) is 0 Å². The Kier molecular flexibility index (Phi) is 6.75. The number of hydrogen-bond acceptors (Lipinski definition) is 3. The van der Waals surface area contributed by atoms with Gasteiger partial charge in [-0.1, -0.05) is 55.1 Å². The number of benzene rings is 2. The summed E-state index contributed by atoms with van der Waals surface area (Å²) in [5, 5.41) is 2.73. The highest BCUT2D eigenvalue weighted by Crippen LogP contribution is 2.26. The van der Waals surface area contributed by atoms with Gasteiger partial charge in [0.05, 0.1) is 6.04 Å². The maximum absolute atomic E-state index is 13.3. The number of nitrogens with zero attached hydrogens (tertiary/aromatic N) is 1. The number of carbonyl (C=O) groups is 1. The molecule has 160 valence electrons. The predicted molar refractivity (Wildman–Crippen MR) is 124 cm³/mol. The van der Waals surface area contributed by atoms with Crippen molar-refractivity contribution in [1.82, 2.24) is 4.57 Å². The Bertz CT molecular complexity index is 1100. The SMILES string of the molecule is C=C(OC(C)(C)C)[C@H](Cc1ccccc1)n1cccc(NC(=O)c2ccccc2)c1=O. The van der Waals surface area contributed by atoms with Gasteiger partial charge in [-0.2, -0.15) is 0 Å². The average Bonchev–Trinajstić information content (AvgIpc) is 2.74. The summed E-state index contributed by atoms with van der Waals surface area (Å²) in [6.45, 7) is 9.95. The molecule has 0 radical (unpaired) electrons. The Morgan fingerprint density at radius 2 is 1.61 bits per heavy atom. The van der Waals surface area contributed by atoms with Gasteiger partial charge in [-0.25, -0.2) is 0 Å². The van der Waals surface area contributed by atoms with Crippen LogP contribution in [0.5, 0.6) is 0 Å². The molecule has 0 spiro atoms. The molecule has 5 heteroatoms. The van der Waals surface area contributed by atoms with E-state index in [0.717, 1.165) is 5.56 Å². The van der Waals surface area contributed by atoms with Crippen LogP contribution in [0.25, 0.3) is 0 Å². The van der Waals surface area contributed by atoms with Crippen LogP contribution in [0.1, 0.15) is 42.7 Å². The summed E-state index contributed by atoms with van der Waals surface area (Å²) in [7, 11) is 0. The van der Waals surface area contributed by atoms with Crippen molar-refractivity contribution in [3.8, 4) is 0 Å². The minimum Gasteiger partial charge on any atom is -0.491 e. The van der Waals surface area contributed by atoms with Crippen molar-refractivity contribution < 1.29 is 9.53 Å². The Labute approximate surface area is 183 Å². The van der Waals surface area contributed by atoms with Gasteiger partial charge in [0.25, 0.3) is 11.5 Å². The molecule has 1 amide bonds. The van der Waals surface area contributed by atoms with Crippen molar-refractivity contribution in [2.24, 2.45) is 0 Å². The molecule has 0 unspecified atom stereocenters. The zero-order valence-electron chi connectivity index (χ0n) is 18.2. The van der Waals surface area contributed by atoms with Gasteiger partial charge in [-0.3, -0.25) is 9.59 Å². The van der Waals surface area contributed by atoms with Crippen LogP contribution >= 0.6 is 0 Å². The van der Waals surface area contributed by atoms with Crippen LogP contribution in [0.3, 0.4) is 0 Å². The number of rotatable bonds is 7. The molecule has 0 saturated heterocycles. The summed E-state index contributed by atoms with van der Waals surface area (Å²) in [4.78, 5) is 25.8. The molecule has 0 fully saturated rings. The van der Waals surface area contributed by atoms with E-state index in [4.69, 9.17) is 4.74 Å². The number of hydrogen-bond donors (Lipinski definition) is 1. The first kappa shape index (κ1) is 22.1. The van der Waals surface area contributed by atoms with Crippen molar-refractivity contribution in [2.45, 2.75) is 38.8 Å². The molecular weight excluding hydrogens is 388 g/mol. The topological polar surface area (TPSA) is 60.3 Å². The second-order valence-electron chi connectivity index (χ2n) is 8.34. The highest BCUT2D eigenvalue weighted by atomic mass is 16.5. The quantitative estimate of drug-likeness (QED) is 0.538. The lowest BCUT2D eigenvalue weighted by atomic mass is 10.0. The molecule has 3 rings (SSSR count). The Balaban J connectivity index is 1.95. The lowest BCUT2D eigenvalue weighted by Gasteiger charge is -2.29. The van der Waals surface area contributed by atoms with E-state index in [-0.39, 0.29) is 17.2 Å². The second-order valence-corrected chi connectivity index (χ2v) is 8.34. The summed E-state index contributed by atoms with van der Waals surface area (Å²) in [6.07, 6.45) is 2.23. The highest BCUT2D eigenvalue weighted by molar-refractivity contribution is 6.04. The number of ether oxygens (including phenoxy) is 1. The van der Waals surface area contributed by atoms with Crippen LogP contribution < -0.4 is 10.9 Å². The fourth-order valence-electron chi connectivity index (χ4n) is 3.30. The van der Waals surface area contributed by atoms with Crippen molar-refractivity contribution in [2.75, 3.05) is 5.32 Å². The third kappa shape index (κ3) is 5.95. The third-order valence-electron chi connectivity index (χ3n) is 4.68. The van der Waals surface area contributed by atoms with Crippen LogP contribution in [0.15, 0.2) is 96.1 Å². The van der Waals surface area contributed by atoms with E-state index in [2.05, 4.69) is 11.9 Å². The summed E-state index contributed by atoms with van der Waals surface area (Å²) < 4.78 is 7.60. The van der Waals surface area contributed by atoms with E-state index < -0.39 is 11.6 Å². The van der Waals surface area contributed by atoms with Crippen LogP contribution in [-0.4, -0.2) is 16.1 Å². The van der Waals surface area contributed by atoms with Crippen LogP contribution in [-0.2, 0) is 11.2 Å². The Morgan fingerprint density at radius 3 is 2.23 bits per heavy atom. The first-order chi connectivity index (χ1) is 14.7. The lowest BCUT2D eigenvalue weighted by molar-refractivity contribution is 0.0358. The lowest BCUT2D eigenvalue weighted by Crippen LogP contribution is -2.32. The largest absolute Gasteiger partial charge is 0.491 e. The van der Waals surface area contributed by atoms with Gasteiger partial charge in [0.1, 0.15) is 17.0 Å². The first-order valence-electron chi connectivity index (χ1n) is 10.2. The van der Waals surface area contributed by atoms with Crippen LogP contribution in [0.2, 0.25) is 0 Å². The first-order valence-corrected chi connectivity index (χ1v) is 10.2. The maximum atomic E-state index is 13.3. The zero-order valence-corrected chi connectivity index (χ0v) is 18.2. The second kappa shape index (κ2) is 9.47. The van der Waals surface area contributed by atoms with E-state index in [0.29, 0.717) is 17.7 Å². The number of carbonyl (C=O) groups excluding carboxylic acids is 1. The summed E-state index contributed by atoms with van der Waals surface area (Å²) in [5.41, 5.74) is 0.981. The molecule has 1 heterocycles. The van der Waals surface area contributed by atoms with Gasteiger partial charge in [-0.05, 0) is 50.6 Å². The molecule has 1 aromatic heterocycles.